The summed E-state index contributed by atoms with van der Waals surface area (Å²) < 4.78 is 6.62. The molecule has 68 valence electrons. The van der Waals surface area contributed by atoms with Crippen molar-refractivity contribution in [3.63, 3.8) is 0 Å². The van der Waals surface area contributed by atoms with Crippen LogP contribution in [0.25, 0.3) is 0 Å². The number of hydrogen-bond donors (Lipinski definition) is 0. The fourth-order valence-electron chi connectivity index (χ4n) is 1.50. The van der Waals surface area contributed by atoms with Crippen LogP contribution >= 0.6 is 22.6 Å². The highest BCUT2D eigenvalue weighted by Gasteiger charge is 2.21. The lowest BCUT2D eigenvalue weighted by Gasteiger charge is -2.04. The predicted octanol–water partition coefficient (Wildman–Crippen LogP) is 2.24. The highest BCUT2D eigenvalue weighted by Crippen LogP contribution is 2.29. The molecular formula is C10H9IO2. The van der Waals surface area contributed by atoms with Gasteiger partial charge in [0.15, 0.2) is 0 Å². The molecule has 3 heteroatoms. The fraction of sp³-hybridized carbons (Fsp3) is 0.300. The number of hydrogen-bond acceptors (Lipinski definition) is 2. The van der Waals surface area contributed by atoms with Gasteiger partial charge in [-0.1, -0.05) is 22.6 Å². The van der Waals surface area contributed by atoms with E-state index in [-0.39, 0.29) is 6.10 Å². The molecule has 1 heterocycles. The Hall–Kier alpha value is -0.580. The van der Waals surface area contributed by atoms with Crippen molar-refractivity contribution >= 4 is 28.9 Å². The first-order chi connectivity index (χ1) is 6.33. The van der Waals surface area contributed by atoms with Crippen molar-refractivity contribution in [2.24, 2.45) is 0 Å². The maximum Gasteiger partial charge on any atom is 0.150 e. The first-order valence-electron chi connectivity index (χ1n) is 4.14. The van der Waals surface area contributed by atoms with Gasteiger partial charge in [0.1, 0.15) is 18.1 Å². The van der Waals surface area contributed by atoms with E-state index in [4.69, 9.17) is 4.74 Å². The zero-order valence-electron chi connectivity index (χ0n) is 7.00. The maximum atomic E-state index is 10.5. The largest absolute Gasteiger partial charge is 0.489 e. The van der Waals surface area contributed by atoms with E-state index in [2.05, 4.69) is 22.6 Å². The molecule has 0 saturated heterocycles. The Morgan fingerprint density at radius 3 is 3.15 bits per heavy atom. The molecule has 0 amide bonds. The second kappa shape index (κ2) is 3.65. The molecule has 1 aliphatic heterocycles. The molecule has 0 N–H and O–H groups in total. The number of carbonyl (C=O) groups is 1. The van der Waals surface area contributed by atoms with Crippen molar-refractivity contribution in [2.45, 2.75) is 12.5 Å². The molecule has 0 aromatic heterocycles. The Kier molecular flexibility index (Phi) is 2.53. The minimum atomic E-state index is 0.289. The smallest absolute Gasteiger partial charge is 0.150 e. The van der Waals surface area contributed by atoms with Gasteiger partial charge in [-0.25, -0.2) is 0 Å². The van der Waals surface area contributed by atoms with Gasteiger partial charge >= 0.3 is 0 Å². The van der Waals surface area contributed by atoms with Crippen molar-refractivity contribution in [1.82, 2.24) is 0 Å². The standard InChI is InChI=1S/C10H9IO2/c11-5-9-4-8-3-7(6-12)1-2-10(8)13-9/h1-3,6,9H,4-5H2. The monoisotopic (exact) mass is 288 g/mol. The summed E-state index contributed by atoms with van der Waals surface area (Å²) in [5, 5.41) is 0. The van der Waals surface area contributed by atoms with Gasteiger partial charge in [-0.15, -0.1) is 0 Å². The number of rotatable bonds is 2. The number of benzene rings is 1. The topological polar surface area (TPSA) is 26.3 Å². The molecule has 0 bridgehead atoms. The predicted molar refractivity (Wildman–Crippen MR) is 58.8 cm³/mol. The Morgan fingerprint density at radius 1 is 1.62 bits per heavy atom. The molecule has 2 nitrogen and oxygen atoms in total. The van der Waals surface area contributed by atoms with E-state index < -0.39 is 0 Å². The maximum absolute atomic E-state index is 10.5. The highest BCUT2D eigenvalue weighted by molar-refractivity contribution is 14.1. The van der Waals surface area contributed by atoms with Crippen molar-refractivity contribution < 1.29 is 9.53 Å². The molecule has 13 heavy (non-hydrogen) atoms. The summed E-state index contributed by atoms with van der Waals surface area (Å²) in [6, 6.07) is 5.58. The molecule has 1 aromatic rings. The van der Waals surface area contributed by atoms with Gasteiger partial charge in [0, 0.05) is 16.4 Å². The molecular weight excluding hydrogens is 279 g/mol. The number of ether oxygens (including phenoxy) is 1. The van der Waals surface area contributed by atoms with Crippen molar-refractivity contribution in [1.29, 1.82) is 0 Å². The fourth-order valence-corrected chi connectivity index (χ4v) is 1.99. The Bertz CT molecular complexity index is 336. The summed E-state index contributed by atoms with van der Waals surface area (Å²) in [5.41, 5.74) is 1.89. The minimum Gasteiger partial charge on any atom is -0.489 e. The quantitative estimate of drug-likeness (QED) is 0.474. The van der Waals surface area contributed by atoms with E-state index in [0.29, 0.717) is 0 Å². The molecule has 0 radical (unpaired) electrons. The third-order valence-corrected chi connectivity index (χ3v) is 3.12. The molecule has 1 aliphatic rings. The molecule has 0 fully saturated rings. The second-order valence-corrected chi connectivity index (χ2v) is 3.96. The highest BCUT2D eigenvalue weighted by atomic mass is 127. The molecule has 1 unspecified atom stereocenters. The van der Waals surface area contributed by atoms with E-state index in [1.807, 2.05) is 12.1 Å². The van der Waals surface area contributed by atoms with Crippen LogP contribution in [0, 0.1) is 0 Å². The average molecular weight is 288 g/mol. The molecule has 0 aliphatic carbocycles. The van der Waals surface area contributed by atoms with Crippen LogP contribution in [0.5, 0.6) is 5.75 Å². The molecule has 0 spiro atoms. The van der Waals surface area contributed by atoms with Gasteiger partial charge in [-0.3, -0.25) is 4.79 Å². The first-order valence-corrected chi connectivity index (χ1v) is 5.67. The summed E-state index contributed by atoms with van der Waals surface area (Å²) >= 11 is 2.31. The van der Waals surface area contributed by atoms with Gasteiger partial charge in [-0.2, -0.15) is 0 Å². The van der Waals surface area contributed by atoms with Crippen LogP contribution in [-0.2, 0) is 6.42 Å². The van der Waals surface area contributed by atoms with Gasteiger partial charge in [0.25, 0.3) is 0 Å². The van der Waals surface area contributed by atoms with Crippen molar-refractivity contribution in [2.75, 3.05) is 4.43 Å². The van der Waals surface area contributed by atoms with Crippen molar-refractivity contribution in [3.8, 4) is 5.75 Å². The van der Waals surface area contributed by atoms with Crippen LogP contribution in [-0.4, -0.2) is 16.8 Å². The molecule has 2 rings (SSSR count). The van der Waals surface area contributed by atoms with Crippen LogP contribution in [0.1, 0.15) is 15.9 Å². The van der Waals surface area contributed by atoms with Crippen molar-refractivity contribution in [3.05, 3.63) is 29.3 Å². The van der Waals surface area contributed by atoms with E-state index in [9.17, 15) is 4.79 Å². The molecule has 1 atom stereocenters. The molecule has 1 aromatic carbocycles. The van der Waals surface area contributed by atoms with Crippen LogP contribution < -0.4 is 4.74 Å². The van der Waals surface area contributed by atoms with Gasteiger partial charge in [0.05, 0.1) is 0 Å². The Morgan fingerprint density at radius 2 is 2.46 bits per heavy atom. The van der Waals surface area contributed by atoms with E-state index >= 15 is 0 Å². The first kappa shape index (κ1) is 8.99. The SMILES string of the molecule is O=Cc1ccc2c(c1)CC(CI)O2. The lowest BCUT2D eigenvalue weighted by molar-refractivity contribution is 0.112. The number of alkyl halides is 1. The average Bonchev–Trinajstić information content (AvgIpc) is 2.58. The normalized spacial score (nSPS) is 19.3. The summed E-state index contributed by atoms with van der Waals surface area (Å²) in [7, 11) is 0. The lowest BCUT2D eigenvalue weighted by Crippen LogP contribution is -2.13. The van der Waals surface area contributed by atoms with Crippen LogP contribution in [0.15, 0.2) is 18.2 Å². The summed E-state index contributed by atoms with van der Waals surface area (Å²) in [6.07, 6.45) is 2.09. The number of fused-ring (bicyclic) bond motifs is 1. The summed E-state index contributed by atoms with van der Waals surface area (Å²) in [4.78, 5) is 10.5. The minimum absolute atomic E-state index is 0.289. The van der Waals surface area contributed by atoms with Crippen LogP contribution in [0.3, 0.4) is 0 Å². The van der Waals surface area contributed by atoms with Gasteiger partial charge in [-0.05, 0) is 23.8 Å². The molecule has 0 saturated carbocycles. The summed E-state index contributed by atoms with van der Waals surface area (Å²) in [6.45, 7) is 0. The summed E-state index contributed by atoms with van der Waals surface area (Å²) in [5.74, 6) is 0.937. The third-order valence-electron chi connectivity index (χ3n) is 2.13. The third kappa shape index (κ3) is 1.70. The number of aldehydes is 1. The van der Waals surface area contributed by atoms with E-state index in [0.717, 1.165) is 34.0 Å². The van der Waals surface area contributed by atoms with E-state index in [1.165, 1.54) is 0 Å². The lowest BCUT2D eigenvalue weighted by atomic mass is 10.1. The second-order valence-electron chi connectivity index (χ2n) is 3.08. The Labute approximate surface area is 90.4 Å². The zero-order chi connectivity index (χ0) is 9.26. The zero-order valence-corrected chi connectivity index (χ0v) is 9.15. The van der Waals surface area contributed by atoms with Crippen LogP contribution in [0.4, 0.5) is 0 Å². The Balaban J connectivity index is 2.30. The number of halogens is 1. The van der Waals surface area contributed by atoms with E-state index in [1.54, 1.807) is 6.07 Å². The van der Waals surface area contributed by atoms with Gasteiger partial charge < -0.3 is 4.74 Å². The van der Waals surface area contributed by atoms with Gasteiger partial charge in [0.2, 0.25) is 0 Å². The van der Waals surface area contributed by atoms with Crippen LogP contribution in [0.2, 0.25) is 0 Å². The number of carbonyl (C=O) groups excluding carboxylic acids is 1.